The first kappa shape index (κ1) is 14.6. The van der Waals surface area contributed by atoms with Gasteiger partial charge in [-0.25, -0.2) is 4.39 Å². The van der Waals surface area contributed by atoms with Gasteiger partial charge in [-0.05, 0) is 29.8 Å². The van der Waals surface area contributed by atoms with Gasteiger partial charge in [-0.3, -0.25) is 0 Å². The van der Waals surface area contributed by atoms with Gasteiger partial charge in [-0.15, -0.1) is 0 Å². The molecule has 20 heavy (non-hydrogen) atoms. The molecule has 0 saturated carbocycles. The Kier molecular flexibility index (Phi) is 4.47. The Morgan fingerprint density at radius 2 is 1.70 bits per heavy atom. The molecule has 0 bridgehead atoms. The summed E-state index contributed by atoms with van der Waals surface area (Å²) in [4.78, 5) is 0. The van der Waals surface area contributed by atoms with E-state index in [1.165, 1.54) is 38.5 Å². The van der Waals surface area contributed by atoms with Crippen molar-refractivity contribution in [2.75, 3.05) is 14.2 Å². The van der Waals surface area contributed by atoms with Gasteiger partial charge in [0.25, 0.3) is 0 Å². The van der Waals surface area contributed by atoms with Crippen LogP contribution in [0.1, 0.15) is 17.2 Å². The van der Waals surface area contributed by atoms with E-state index in [9.17, 15) is 9.50 Å². The van der Waals surface area contributed by atoms with Crippen LogP contribution in [0.2, 0.25) is 5.02 Å². The molecular formula is C15H14ClFO3. The van der Waals surface area contributed by atoms with Crippen molar-refractivity contribution in [1.29, 1.82) is 0 Å². The minimum Gasteiger partial charge on any atom is -0.495 e. The van der Waals surface area contributed by atoms with E-state index < -0.39 is 6.10 Å². The summed E-state index contributed by atoms with van der Waals surface area (Å²) >= 11 is 6.15. The number of aliphatic hydroxyl groups is 1. The molecule has 2 aromatic rings. The lowest BCUT2D eigenvalue weighted by molar-refractivity contribution is 0.214. The fraction of sp³-hybridized carbons (Fsp3) is 0.200. The average molecular weight is 297 g/mol. The monoisotopic (exact) mass is 296 g/mol. The van der Waals surface area contributed by atoms with E-state index in [2.05, 4.69) is 0 Å². The fourth-order valence-electron chi connectivity index (χ4n) is 1.96. The molecule has 0 spiro atoms. The number of halogens is 2. The molecule has 5 heteroatoms. The molecule has 0 aromatic heterocycles. The molecule has 0 amide bonds. The summed E-state index contributed by atoms with van der Waals surface area (Å²) in [5, 5.41) is 10.7. The van der Waals surface area contributed by atoms with Crippen molar-refractivity contribution in [3.05, 3.63) is 58.4 Å². The number of hydrogen-bond donors (Lipinski definition) is 1. The number of benzene rings is 2. The van der Waals surface area contributed by atoms with Gasteiger partial charge < -0.3 is 14.6 Å². The molecule has 106 valence electrons. The van der Waals surface area contributed by atoms with Crippen LogP contribution in [-0.4, -0.2) is 19.3 Å². The molecule has 1 unspecified atom stereocenters. The minimum absolute atomic E-state index is 0.286. The molecular weight excluding hydrogens is 283 g/mol. The van der Waals surface area contributed by atoms with Crippen LogP contribution < -0.4 is 9.47 Å². The topological polar surface area (TPSA) is 38.7 Å². The molecule has 0 fully saturated rings. The minimum atomic E-state index is -0.964. The van der Waals surface area contributed by atoms with Crippen LogP contribution in [0, 0.1) is 5.82 Å². The van der Waals surface area contributed by atoms with Gasteiger partial charge in [-0.2, -0.15) is 0 Å². The second-order valence-electron chi connectivity index (χ2n) is 4.16. The standard InChI is InChI=1S/C15H14ClFO3/c1-19-12-8-7-11(15(20-2)13(12)16)14(18)9-3-5-10(17)6-4-9/h3-8,14,18H,1-2H3. The second kappa shape index (κ2) is 6.11. The van der Waals surface area contributed by atoms with Crippen molar-refractivity contribution >= 4 is 11.6 Å². The third-order valence-corrected chi connectivity index (χ3v) is 3.35. The summed E-state index contributed by atoms with van der Waals surface area (Å²) in [6.07, 6.45) is -0.964. The molecule has 3 nitrogen and oxygen atoms in total. The van der Waals surface area contributed by atoms with Crippen molar-refractivity contribution in [1.82, 2.24) is 0 Å². The van der Waals surface area contributed by atoms with Crippen LogP contribution >= 0.6 is 11.6 Å². The number of ether oxygens (including phenoxy) is 2. The first-order valence-corrected chi connectivity index (χ1v) is 6.30. The van der Waals surface area contributed by atoms with Gasteiger partial charge in [0.15, 0.2) is 0 Å². The zero-order chi connectivity index (χ0) is 14.7. The van der Waals surface area contributed by atoms with E-state index in [0.29, 0.717) is 22.6 Å². The molecule has 2 rings (SSSR count). The maximum absolute atomic E-state index is 12.9. The number of rotatable bonds is 4. The lowest BCUT2D eigenvalue weighted by atomic mass is 10.0. The smallest absolute Gasteiger partial charge is 0.147 e. The van der Waals surface area contributed by atoms with Gasteiger partial charge in [0.05, 0.1) is 14.2 Å². The van der Waals surface area contributed by atoms with E-state index in [1.807, 2.05) is 0 Å². The van der Waals surface area contributed by atoms with Gasteiger partial charge in [0.1, 0.15) is 28.4 Å². The van der Waals surface area contributed by atoms with Crippen LogP contribution in [0.4, 0.5) is 4.39 Å². The predicted octanol–water partition coefficient (Wildman–Crippen LogP) is 3.58. The van der Waals surface area contributed by atoms with Crippen LogP contribution in [0.25, 0.3) is 0 Å². The summed E-state index contributed by atoms with van der Waals surface area (Å²) in [5.41, 5.74) is 1.04. The SMILES string of the molecule is COc1ccc(C(O)c2ccc(F)cc2)c(OC)c1Cl. The van der Waals surface area contributed by atoms with E-state index in [0.717, 1.165) is 0 Å². The van der Waals surface area contributed by atoms with Crippen molar-refractivity contribution < 1.29 is 19.0 Å². The molecule has 0 heterocycles. The molecule has 2 aromatic carbocycles. The van der Waals surface area contributed by atoms with Crippen LogP contribution in [0.5, 0.6) is 11.5 Å². The third kappa shape index (κ3) is 2.71. The van der Waals surface area contributed by atoms with E-state index >= 15 is 0 Å². The number of methoxy groups -OCH3 is 2. The highest BCUT2D eigenvalue weighted by Gasteiger charge is 2.20. The second-order valence-corrected chi connectivity index (χ2v) is 4.54. The Balaban J connectivity index is 2.46. The van der Waals surface area contributed by atoms with Crippen LogP contribution in [0.3, 0.4) is 0 Å². The van der Waals surface area contributed by atoms with Gasteiger partial charge in [0, 0.05) is 5.56 Å². The largest absolute Gasteiger partial charge is 0.495 e. The van der Waals surface area contributed by atoms with E-state index in [1.54, 1.807) is 12.1 Å². The van der Waals surface area contributed by atoms with Crippen LogP contribution in [0.15, 0.2) is 36.4 Å². The summed E-state index contributed by atoms with van der Waals surface area (Å²) in [5.74, 6) is 0.432. The highest BCUT2D eigenvalue weighted by atomic mass is 35.5. The molecule has 0 radical (unpaired) electrons. The molecule has 0 aliphatic rings. The quantitative estimate of drug-likeness (QED) is 0.937. The molecule has 1 atom stereocenters. The third-order valence-electron chi connectivity index (χ3n) is 3.00. The number of hydrogen-bond acceptors (Lipinski definition) is 3. The molecule has 0 saturated heterocycles. The lowest BCUT2D eigenvalue weighted by Gasteiger charge is -2.17. The summed E-state index contributed by atoms with van der Waals surface area (Å²) in [6, 6.07) is 8.91. The normalized spacial score (nSPS) is 12.1. The average Bonchev–Trinajstić information content (AvgIpc) is 2.47. The first-order chi connectivity index (χ1) is 9.58. The van der Waals surface area contributed by atoms with Gasteiger partial charge in [-0.1, -0.05) is 23.7 Å². The molecule has 0 aliphatic carbocycles. The molecule has 0 aliphatic heterocycles. The van der Waals surface area contributed by atoms with Crippen molar-refractivity contribution in [2.45, 2.75) is 6.10 Å². The van der Waals surface area contributed by atoms with Crippen LogP contribution in [-0.2, 0) is 0 Å². The predicted molar refractivity (Wildman–Crippen MR) is 75.0 cm³/mol. The Hall–Kier alpha value is -1.78. The zero-order valence-corrected chi connectivity index (χ0v) is 11.8. The van der Waals surface area contributed by atoms with Crippen molar-refractivity contribution in [2.24, 2.45) is 0 Å². The Morgan fingerprint density at radius 1 is 1.05 bits per heavy atom. The maximum Gasteiger partial charge on any atom is 0.147 e. The summed E-state index contributed by atoms with van der Waals surface area (Å²) in [6.45, 7) is 0. The van der Waals surface area contributed by atoms with E-state index in [-0.39, 0.29) is 10.8 Å². The zero-order valence-electron chi connectivity index (χ0n) is 11.1. The highest BCUT2D eigenvalue weighted by Crippen LogP contribution is 2.40. The summed E-state index contributed by atoms with van der Waals surface area (Å²) < 4.78 is 23.3. The first-order valence-electron chi connectivity index (χ1n) is 5.92. The number of aliphatic hydroxyl groups excluding tert-OH is 1. The highest BCUT2D eigenvalue weighted by molar-refractivity contribution is 6.33. The van der Waals surface area contributed by atoms with E-state index in [4.69, 9.17) is 21.1 Å². The Labute approximate surface area is 121 Å². The fourth-order valence-corrected chi connectivity index (χ4v) is 2.28. The Morgan fingerprint density at radius 3 is 2.25 bits per heavy atom. The van der Waals surface area contributed by atoms with Gasteiger partial charge >= 0.3 is 0 Å². The van der Waals surface area contributed by atoms with Gasteiger partial charge in [0.2, 0.25) is 0 Å². The maximum atomic E-state index is 12.9. The lowest BCUT2D eigenvalue weighted by Crippen LogP contribution is -2.03. The van der Waals surface area contributed by atoms with Crippen molar-refractivity contribution in [3.63, 3.8) is 0 Å². The summed E-state index contributed by atoms with van der Waals surface area (Å²) in [7, 11) is 2.96. The van der Waals surface area contributed by atoms with Crippen molar-refractivity contribution in [3.8, 4) is 11.5 Å². The Bertz CT molecular complexity index is 599. The molecule has 1 N–H and O–H groups in total.